The monoisotopic (exact) mass is 440 g/mol. The highest BCUT2D eigenvalue weighted by Crippen LogP contribution is 2.60. The van der Waals surface area contributed by atoms with E-state index in [1.807, 2.05) is 30.3 Å². The summed E-state index contributed by atoms with van der Waals surface area (Å²) in [6.07, 6.45) is 7.84. The molecule has 1 heterocycles. The van der Waals surface area contributed by atoms with Crippen LogP contribution in [0.4, 0.5) is 0 Å². The van der Waals surface area contributed by atoms with Crippen LogP contribution in [-0.2, 0) is 12.0 Å². The van der Waals surface area contributed by atoms with Gasteiger partial charge < -0.3 is 10.1 Å². The smallest absolute Gasteiger partial charge is 0.251 e. The Hall–Kier alpha value is -3.14. The summed E-state index contributed by atoms with van der Waals surface area (Å²) in [5.74, 6) is 2.33. The zero-order chi connectivity index (χ0) is 22.7. The molecule has 170 valence electrons. The van der Waals surface area contributed by atoms with Crippen LogP contribution in [-0.4, -0.2) is 17.4 Å². The van der Waals surface area contributed by atoms with Gasteiger partial charge >= 0.3 is 0 Å². The van der Waals surface area contributed by atoms with Gasteiger partial charge in [0.25, 0.3) is 5.91 Å². The Morgan fingerprint density at radius 3 is 2.39 bits per heavy atom. The Kier molecular flexibility index (Phi) is 6.17. The predicted molar refractivity (Wildman–Crippen MR) is 130 cm³/mol. The molecule has 3 aromatic rings. The maximum atomic E-state index is 12.4. The van der Waals surface area contributed by atoms with Gasteiger partial charge in [0.2, 0.25) is 0 Å². The van der Waals surface area contributed by atoms with Crippen molar-refractivity contribution >= 4 is 5.91 Å². The second kappa shape index (κ2) is 9.38. The third kappa shape index (κ3) is 4.27. The number of carbonyl (C=O) groups is 1. The van der Waals surface area contributed by atoms with Gasteiger partial charge in [-0.05, 0) is 85.0 Å². The van der Waals surface area contributed by atoms with E-state index in [-0.39, 0.29) is 11.3 Å². The molecule has 4 nitrogen and oxygen atoms in total. The maximum absolute atomic E-state index is 12.4. The SMILES string of the molecule is CCCNC(=O)c1ccc([C@]2(c3ccc(OCc4ccccn4)cc3)C[C@@H]3CC[C@H]2C3)cc1. The summed E-state index contributed by atoms with van der Waals surface area (Å²) in [5, 5.41) is 2.98. The van der Waals surface area contributed by atoms with E-state index in [1.165, 1.54) is 36.8 Å². The van der Waals surface area contributed by atoms with Crippen molar-refractivity contribution in [3.05, 3.63) is 95.3 Å². The Morgan fingerprint density at radius 1 is 1.03 bits per heavy atom. The number of hydrogen-bond donors (Lipinski definition) is 1. The Balaban J connectivity index is 1.39. The van der Waals surface area contributed by atoms with Crippen LogP contribution in [0, 0.1) is 11.8 Å². The molecule has 2 aliphatic rings. The van der Waals surface area contributed by atoms with Crippen LogP contribution in [0.15, 0.2) is 72.9 Å². The van der Waals surface area contributed by atoms with Gasteiger partial charge in [0.1, 0.15) is 12.4 Å². The molecule has 2 saturated carbocycles. The first-order chi connectivity index (χ1) is 16.2. The van der Waals surface area contributed by atoms with E-state index in [9.17, 15) is 4.79 Å². The Labute approximate surface area is 196 Å². The number of nitrogens with one attached hydrogen (secondary N) is 1. The summed E-state index contributed by atoms with van der Waals surface area (Å²) >= 11 is 0. The fourth-order valence-electron chi connectivity index (χ4n) is 5.95. The molecular weight excluding hydrogens is 408 g/mol. The van der Waals surface area contributed by atoms with Crippen molar-refractivity contribution in [1.82, 2.24) is 10.3 Å². The first-order valence-corrected chi connectivity index (χ1v) is 12.2. The fraction of sp³-hybridized carbons (Fsp3) is 0.379. The molecule has 1 aromatic heterocycles. The molecule has 5 rings (SSSR count). The quantitative estimate of drug-likeness (QED) is 0.474. The lowest BCUT2D eigenvalue weighted by atomic mass is 9.64. The Morgan fingerprint density at radius 2 is 1.79 bits per heavy atom. The molecule has 0 saturated heterocycles. The molecule has 1 amide bonds. The number of carbonyl (C=O) groups excluding carboxylic acids is 1. The van der Waals surface area contributed by atoms with Crippen molar-refractivity contribution in [1.29, 1.82) is 0 Å². The van der Waals surface area contributed by atoms with E-state index in [0.717, 1.165) is 29.3 Å². The van der Waals surface area contributed by atoms with Crippen molar-refractivity contribution in [2.45, 2.75) is 51.0 Å². The summed E-state index contributed by atoms with van der Waals surface area (Å²) < 4.78 is 5.98. The Bertz CT molecular complexity index is 1080. The average Bonchev–Trinajstić information content (AvgIpc) is 3.49. The lowest BCUT2D eigenvalue weighted by molar-refractivity contribution is 0.0953. The zero-order valence-electron chi connectivity index (χ0n) is 19.3. The maximum Gasteiger partial charge on any atom is 0.251 e. The van der Waals surface area contributed by atoms with E-state index in [4.69, 9.17) is 4.74 Å². The molecule has 2 fully saturated rings. The molecule has 0 spiro atoms. The predicted octanol–water partition coefficient (Wildman–Crippen LogP) is 5.91. The molecular formula is C29H32N2O2. The molecule has 33 heavy (non-hydrogen) atoms. The molecule has 2 bridgehead atoms. The number of aromatic nitrogens is 1. The minimum Gasteiger partial charge on any atom is -0.487 e. The molecule has 0 unspecified atom stereocenters. The van der Waals surface area contributed by atoms with Crippen molar-refractivity contribution in [3.63, 3.8) is 0 Å². The molecule has 1 N–H and O–H groups in total. The molecule has 2 aromatic carbocycles. The highest BCUT2D eigenvalue weighted by atomic mass is 16.5. The van der Waals surface area contributed by atoms with Gasteiger partial charge in [-0.2, -0.15) is 0 Å². The first-order valence-electron chi connectivity index (χ1n) is 12.2. The largest absolute Gasteiger partial charge is 0.487 e. The van der Waals surface area contributed by atoms with E-state index in [1.54, 1.807) is 6.20 Å². The van der Waals surface area contributed by atoms with Gasteiger partial charge in [-0.25, -0.2) is 0 Å². The lowest BCUT2D eigenvalue weighted by Crippen LogP contribution is -2.34. The van der Waals surface area contributed by atoms with E-state index >= 15 is 0 Å². The average molecular weight is 441 g/mol. The second-order valence-corrected chi connectivity index (χ2v) is 9.52. The normalized spacial score (nSPS) is 23.4. The summed E-state index contributed by atoms with van der Waals surface area (Å²) in [7, 11) is 0. The second-order valence-electron chi connectivity index (χ2n) is 9.52. The summed E-state index contributed by atoms with van der Waals surface area (Å²) in [6.45, 7) is 3.25. The number of fused-ring (bicyclic) bond motifs is 2. The van der Waals surface area contributed by atoms with Crippen molar-refractivity contribution < 1.29 is 9.53 Å². The first kappa shape index (κ1) is 21.7. The minimum atomic E-state index is 0.0137. The summed E-state index contributed by atoms with van der Waals surface area (Å²) in [4.78, 5) is 16.7. The highest BCUT2D eigenvalue weighted by molar-refractivity contribution is 5.94. The molecule has 2 aliphatic carbocycles. The highest BCUT2D eigenvalue weighted by Gasteiger charge is 2.52. The molecule has 0 radical (unpaired) electrons. The van der Waals surface area contributed by atoms with E-state index in [2.05, 4.69) is 53.6 Å². The van der Waals surface area contributed by atoms with Crippen LogP contribution in [0.5, 0.6) is 5.75 Å². The van der Waals surface area contributed by atoms with Crippen LogP contribution >= 0.6 is 0 Å². The van der Waals surface area contributed by atoms with E-state index < -0.39 is 0 Å². The van der Waals surface area contributed by atoms with Gasteiger partial charge in [-0.15, -0.1) is 0 Å². The molecule has 0 aliphatic heterocycles. The van der Waals surface area contributed by atoms with Gasteiger partial charge in [0, 0.05) is 23.7 Å². The van der Waals surface area contributed by atoms with Crippen molar-refractivity contribution in [2.75, 3.05) is 6.54 Å². The minimum absolute atomic E-state index is 0.0137. The van der Waals surface area contributed by atoms with Crippen LogP contribution in [0.3, 0.4) is 0 Å². The van der Waals surface area contributed by atoms with Crippen LogP contribution in [0.2, 0.25) is 0 Å². The van der Waals surface area contributed by atoms with Crippen LogP contribution < -0.4 is 10.1 Å². The number of amides is 1. The van der Waals surface area contributed by atoms with Crippen molar-refractivity contribution in [2.24, 2.45) is 11.8 Å². The lowest BCUT2D eigenvalue weighted by Gasteiger charge is -2.39. The number of ether oxygens (including phenoxy) is 1. The van der Waals surface area contributed by atoms with Gasteiger partial charge in [0.05, 0.1) is 5.69 Å². The van der Waals surface area contributed by atoms with Crippen molar-refractivity contribution in [3.8, 4) is 5.75 Å². The standard InChI is InChI=1S/C29H32N2O2/c1-2-16-31-28(32)22-7-10-23(11-8-22)29(19-21-6-9-25(29)18-21)24-12-14-27(15-13-24)33-20-26-5-3-4-17-30-26/h3-5,7-8,10-15,17,21,25H,2,6,9,16,18-20H2,1H3,(H,31,32)/t21-,25+,29+/m1/s1. The summed E-state index contributed by atoms with van der Waals surface area (Å²) in [5.41, 5.74) is 4.39. The third-order valence-corrected chi connectivity index (χ3v) is 7.53. The number of nitrogens with zero attached hydrogens (tertiary/aromatic N) is 1. The van der Waals surface area contributed by atoms with Crippen LogP contribution in [0.1, 0.15) is 66.2 Å². The number of hydrogen-bond acceptors (Lipinski definition) is 3. The topological polar surface area (TPSA) is 51.2 Å². The van der Waals surface area contributed by atoms with Gasteiger partial charge in [-0.1, -0.05) is 43.7 Å². The number of rotatable bonds is 8. The van der Waals surface area contributed by atoms with Gasteiger partial charge in [-0.3, -0.25) is 9.78 Å². The third-order valence-electron chi connectivity index (χ3n) is 7.53. The molecule has 3 atom stereocenters. The number of pyridine rings is 1. The molecule has 4 heteroatoms. The van der Waals surface area contributed by atoms with E-state index in [0.29, 0.717) is 19.1 Å². The fourth-order valence-corrected chi connectivity index (χ4v) is 5.95. The number of benzene rings is 2. The van der Waals surface area contributed by atoms with Gasteiger partial charge in [0.15, 0.2) is 0 Å². The van der Waals surface area contributed by atoms with Crippen LogP contribution in [0.25, 0.3) is 0 Å². The summed E-state index contributed by atoms with van der Waals surface area (Å²) in [6, 6.07) is 22.9. The zero-order valence-corrected chi connectivity index (χ0v) is 19.3.